The third kappa shape index (κ3) is 2.96. The van der Waals surface area contributed by atoms with E-state index in [9.17, 15) is 14.7 Å². The van der Waals surface area contributed by atoms with Crippen molar-refractivity contribution >= 4 is 12.3 Å². The zero-order valence-electron chi connectivity index (χ0n) is 19.7. The highest BCUT2D eigenvalue weighted by atomic mass is 16.5. The van der Waals surface area contributed by atoms with Gasteiger partial charge in [-0.3, -0.25) is 9.59 Å². The Bertz CT molecular complexity index is 769. The first-order valence-corrected chi connectivity index (χ1v) is 11.9. The third-order valence-electron chi connectivity index (χ3n) is 10.3. The molecule has 0 aromatic rings. The van der Waals surface area contributed by atoms with Crippen molar-refractivity contribution in [1.82, 2.24) is 0 Å². The summed E-state index contributed by atoms with van der Waals surface area (Å²) in [5.41, 5.74) is 0.651. The summed E-state index contributed by atoms with van der Waals surface area (Å²) in [4.78, 5) is 23.7. The van der Waals surface area contributed by atoms with Gasteiger partial charge in [0, 0.05) is 17.9 Å². The van der Waals surface area contributed by atoms with Gasteiger partial charge in [-0.15, -0.1) is 0 Å². The van der Waals surface area contributed by atoms with Gasteiger partial charge in [0.05, 0.1) is 6.10 Å². The van der Waals surface area contributed by atoms with Gasteiger partial charge in [-0.25, -0.2) is 0 Å². The molecule has 0 spiro atoms. The van der Waals surface area contributed by atoms with Crippen molar-refractivity contribution in [3.63, 3.8) is 0 Å². The summed E-state index contributed by atoms with van der Waals surface area (Å²) in [5, 5.41) is 10.8. The molecule has 8 atom stereocenters. The van der Waals surface area contributed by atoms with E-state index in [1.165, 1.54) is 32.6 Å². The molecule has 4 nitrogen and oxygen atoms in total. The molecule has 0 bridgehead atoms. The Morgan fingerprint density at radius 3 is 2.33 bits per heavy atom. The van der Waals surface area contributed by atoms with E-state index in [-0.39, 0.29) is 28.8 Å². The van der Waals surface area contributed by atoms with Gasteiger partial charge in [-0.1, -0.05) is 47.1 Å². The maximum atomic E-state index is 12.1. The Labute approximate surface area is 181 Å². The van der Waals surface area contributed by atoms with Crippen LogP contribution in [0.5, 0.6) is 0 Å². The summed E-state index contributed by atoms with van der Waals surface area (Å²) in [7, 11) is 0. The van der Waals surface area contributed by atoms with E-state index in [1.54, 1.807) is 0 Å². The molecule has 4 heteroatoms. The fraction of sp³-hybridized carbons (Fsp3) is 0.846. The second-order valence-corrected chi connectivity index (χ2v) is 12.3. The van der Waals surface area contributed by atoms with Gasteiger partial charge in [0.2, 0.25) is 0 Å². The van der Waals surface area contributed by atoms with Gasteiger partial charge in [-0.2, -0.15) is 0 Å². The van der Waals surface area contributed by atoms with Gasteiger partial charge in [0.1, 0.15) is 12.4 Å². The minimum atomic E-state index is -0.720. The van der Waals surface area contributed by atoms with Crippen molar-refractivity contribution in [1.29, 1.82) is 0 Å². The predicted molar refractivity (Wildman–Crippen MR) is 117 cm³/mol. The molecule has 30 heavy (non-hydrogen) atoms. The van der Waals surface area contributed by atoms with Crippen molar-refractivity contribution in [2.45, 2.75) is 98.7 Å². The van der Waals surface area contributed by atoms with Crippen LogP contribution in [0.1, 0.15) is 86.5 Å². The molecule has 0 radical (unpaired) electrons. The molecule has 4 rings (SSSR count). The molecule has 0 amide bonds. The van der Waals surface area contributed by atoms with Crippen molar-refractivity contribution in [2.75, 3.05) is 0 Å². The lowest BCUT2D eigenvalue weighted by atomic mass is 9.35. The van der Waals surface area contributed by atoms with E-state index in [0.717, 1.165) is 19.1 Å². The second-order valence-electron chi connectivity index (χ2n) is 12.3. The second kappa shape index (κ2) is 6.92. The molecule has 0 aliphatic heterocycles. The summed E-state index contributed by atoms with van der Waals surface area (Å²) in [6.07, 6.45) is 9.34. The van der Waals surface area contributed by atoms with Gasteiger partial charge in [0.15, 0.2) is 0 Å². The Balaban J connectivity index is 1.83. The van der Waals surface area contributed by atoms with Gasteiger partial charge >= 0.3 is 5.97 Å². The Morgan fingerprint density at radius 2 is 1.70 bits per heavy atom. The maximum Gasteiger partial charge on any atom is 0.302 e. The van der Waals surface area contributed by atoms with Gasteiger partial charge < -0.3 is 9.84 Å². The summed E-state index contributed by atoms with van der Waals surface area (Å²) in [6, 6.07) is 0. The summed E-state index contributed by atoms with van der Waals surface area (Å²) in [6.45, 7) is 13.5. The first-order chi connectivity index (χ1) is 13.9. The molecule has 0 saturated heterocycles. The van der Waals surface area contributed by atoms with E-state index in [1.807, 2.05) is 6.08 Å². The number of hydrogen-bond acceptors (Lipinski definition) is 4. The number of aldehydes is 1. The highest BCUT2D eigenvalue weighted by molar-refractivity contribution is 5.75. The lowest BCUT2D eigenvalue weighted by Gasteiger charge is -2.69. The quantitative estimate of drug-likeness (QED) is 0.503. The fourth-order valence-electron chi connectivity index (χ4n) is 9.06. The Kier molecular flexibility index (Phi) is 5.08. The lowest BCUT2D eigenvalue weighted by Crippen LogP contribution is -2.65. The fourth-order valence-corrected chi connectivity index (χ4v) is 9.06. The molecule has 0 heterocycles. The molecule has 4 aliphatic rings. The van der Waals surface area contributed by atoms with Gasteiger partial charge in [-0.05, 0) is 72.5 Å². The number of aliphatic hydroxyl groups is 1. The maximum absolute atomic E-state index is 12.1. The molecule has 0 aromatic heterocycles. The van der Waals surface area contributed by atoms with Crippen molar-refractivity contribution in [3.8, 4) is 0 Å². The first kappa shape index (κ1) is 22.0. The first-order valence-electron chi connectivity index (χ1n) is 11.9. The standard InChI is InChI=1S/C26H40O4/c1-16(28)30-22-13-21-24(4)10-7-9-23(2,3)19(24)8-11-25(21,5)20-12-18(29)17(15-27)14-26(20,22)6/h14-15,18-22,29H,7-13H2,1-6H3/t18?,19?,20?,21?,22-,24-,25-,26+/m0/s1. The van der Waals surface area contributed by atoms with Crippen LogP contribution < -0.4 is 0 Å². The van der Waals surface area contributed by atoms with E-state index in [2.05, 4.69) is 34.6 Å². The topological polar surface area (TPSA) is 63.6 Å². The highest BCUT2D eigenvalue weighted by Crippen LogP contribution is 2.72. The van der Waals surface area contributed by atoms with Crippen molar-refractivity contribution in [3.05, 3.63) is 11.6 Å². The number of esters is 1. The van der Waals surface area contributed by atoms with Crippen LogP contribution in [0.4, 0.5) is 0 Å². The van der Waals surface area contributed by atoms with Crippen molar-refractivity contribution in [2.24, 2.45) is 39.4 Å². The minimum absolute atomic E-state index is 0.0654. The molecule has 168 valence electrons. The van der Waals surface area contributed by atoms with Crippen LogP contribution in [0, 0.1) is 39.4 Å². The zero-order valence-corrected chi connectivity index (χ0v) is 19.7. The molecule has 1 N–H and O–H groups in total. The van der Waals surface area contributed by atoms with Crippen LogP contribution in [0.15, 0.2) is 11.6 Å². The monoisotopic (exact) mass is 416 g/mol. The average molecular weight is 417 g/mol. The molecule has 3 fully saturated rings. The molecule has 0 aromatic carbocycles. The Hall–Kier alpha value is -1.16. The number of ether oxygens (including phenoxy) is 1. The van der Waals surface area contributed by atoms with Crippen LogP contribution in [-0.2, 0) is 14.3 Å². The minimum Gasteiger partial charge on any atom is -0.462 e. The molecule has 3 saturated carbocycles. The summed E-state index contributed by atoms with van der Waals surface area (Å²) < 4.78 is 5.98. The summed E-state index contributed by atoms with van der Waals surface area (Å²) >= 11 is 0. The number of hydrogen-bond donors (Lipinski definition) is 1. The number of carbonyl (C=O) groups is 2. The number of aliphatic hydroxyl groups excluding tert-OH is 1. The van der Waals surface area contributed by atoms with Crippen LogP contribution in [-0.4, -0.2) is 29.6 Å². The van der Waals surface area contributed by atoms with Crippen LogP contribution in [0.2, 0.25) is 0 Å². The summed E-state index contributed by atoms with van der Waals surface area (Å²) in [5.74, 6) is 1.06. The molecule has 4 aliphatic carbocycles. The molecular weight excluding hydrogens is 376 g/mol. The SMILES string of the molecule is CC(=O)O[C@H]1CC2[C@@]3(C)CCCC(C)(C)C3CC[C@@]2(C)C2CC(O)C(C=O)=C[C@]21C. The largest absolute Gasteiger partial charge is 0.462 e. The van der Waals surface area contributed by atoms with E-state index in [4.69, 9.17) is 4.74 Å². The molecular formula is C26H40O4. The van der Waals surface area contributed by atoms with Crippen LogP contribution in [0.25, 0.3) is 0 Å². The third-order valence-corrected chi connectivity index (χ3v) is 10.3. The Morgan fingerprint density at radius 1 is 1.03 bits per heavy atom. The van der Waals surface area contributed by atoms with Crippen LogP contribution in [0.3, 0.4) is 0 Å². The van der Waals surface area contributed by atoms with Crippen LogP contribution >= 0.6 is 0 Å². The number of rotatable bonds is 2. The predicted octanol–water partition coefficient (Wildman–Crippen LogP) is 5.08. The van der Waals surface area contributed by atoms with E-state index < -0.39 is 11.5 Å². The van der Waals surface area contributed by atoms with E-state index >= 15 is 0 Å². The van der Waals surface area contributed by atoms with E-state index in [0.29, 0.717) is 29.2 Å². The zero-order chi connectivity index (χ0) is 22.1. The molecule has 4 unspecified atom stereocenters. The highest BCUT2D eigenvalue weighted by Gasteiger charge is 2.67. The van der Waals surface area contributed by atoms with Crippen molar-refractivity contribution < 1.29 is 19.4 Å². The smallest absolute Gasteiger partial charge is 0.302 e. The van der Waals surface area contributed by atoms with Gasteiger partial charge in [0.25, 0.3) is 0 Å². The average Bonchev–Trinajstić information content (AvgIpc) is 2.63. The number of fused-ring (bicyclic) bond motifs is 5. The normalized spacial score (nSPS) is 49.7. The number of carbonyl (C=O) groups excluding carboxylic acids is 2. The lowest BCUT2D eigenvalue weighted by molar-refractivity contribution is -0.226.